The number of ether oxygens (including phenoxy) is 1. The zero-order valence-corrected chi connectivity index (χ0v) is 16.9. The second-order valence-electron chi connectivity index (χ2n) is 8.02. The Morgan fingerprint density at radius 2 is 1.87 bits per heavy atom. The topological polar surface area (TPSA) is 77.0 Å². The Morgan fingerprint density at radius 1 is 1.07 bits per heavy atom. The minimum Gasteiger partial charge on any atom is -0.491 e. The summed E-state index contributed by atoms with van der Waals surface area (Å²) >= 11 is 0. The van der Waals surface area contributed by atoms with Crippen LogP contribution in [0.3, 0.4) is 0 Å². The average molecular weight is 401 g/mol. The molecule has 2 heterocycles. The van der Waals surface area contributed by atoms with Gasteiger partial charge in [0.05, 0.1) is 23.2 Å². The molecule has 0 saturated heterocycles. The van der Waals surface area contributed by atoms with E-state index in [4.69, 9.17) is 4.74 Å². The van der Waals surface area contributed by atoms with Crippen LogP contribution in [0.2, 0.25) is 0 Å². The van der Waals surface area contributed by atoms with Gasteiger partial charge in [0.2, 0.25) is 0 Å². The van der Waals surface area contributed by atoms with Crippen molar-refractivity contribution in [3.05, 3.63) is 75.1 Å². The summed E-state index contributed by atoms with van der Waals surface area (Å²) in [6.45, 7) is 2.54. The summed E-state index contributed by atoms with van der Waals surface area (Å²) in [7, 11) is 0. The molecule has 0 bridgehead atoms. The maximum Gasteiger partial charge on any atom is 0.333 e. The third-order valence-corrected chi connectivity index (χ3v) is 6.03. The van der Waals surface area contributed by atoms with E-state index in [0.717, 1.165) is 5.56 Å². The van der Waals surface area contributed by atoms with Crippen molar-refractivity contribution in [2.75, 3.05) is 6.61 Å². The maximum atomic E-state index is 13.2. The number of hydrogen-bond donors (Lipinski definition) is 1. The molecule has 4 aromatic rings. The van der Waals surface area contributed by atoms with Crippen molar-refractivity contribution in [1.82, 2.24) is 14.5 Å². The molecular formula is C24H23N3O3. The van der Waals surface area contributed by atoms with Crippen molar-refractivity contribution in [1.29, 1.82) is 0 Å². The smallest absolute Gasteiger partial charge is 0.333 e. The number of fused-ring (bicyclic) bond motifs is 3. The van der Waals surface area contributed by atoms with Gasteiger partial charge in [-0.15, -0.1) is 0 Å². The predicted octanol–water partition coefficient (Wildman–Crippen LogP) is 4.10. The van der Waals surface area contributed by atoms with Gasteiger partial charge in [-0.3, -0.25) is 9.78 Å². The zero-order valence-electron chi connectivity index (χ0n) is 16.9. The second-order valence-corrected chi connectivity index (χ2v) is 8.02. The Morgan fingerprint density at radius 3 is 2.67 bits per heavy atom. The monoisotopic (exact) mass is 401 g/mol. The molecule has 1 aliphatic rings. The summed E-state index contributed by atoms with van der Waals surface area (Å²) in [6.07, 6.45) is 6.47. The third kappa shape index (κ3) is 3.09. The summed E-state index contributed by atoms with van der Waals surface area (Å²) < 4.78 is 7.26. The molecule has 6 nitrogen and oxygen atoms in total. The van der Waals surface area contributed by atoms with Crippen molar-refractivity contribution < 1.29 is 4.74 Å². The number of rotatable bonds is 4. The lowest BCUT2D eigenvalue weighted by molar-refractivity contribution is 0.254. The molecule has 152 valence electrons. The third-order valence-electron chi connectivity index (χ3n) is 6.03. The highest BCUT2D eigenvalue weighted by Gasteiger charge is 2.18. The van der Waals surface area contributed by atoms with Crippen molar-refractivity contribution >= 4 is 21.8 Å². The SMILES string of the molecule is Cc1ccccc1-n1c(=O)[nH]c2c(cnc3c(OCC4CCCC4)cccc32)c1=O. The molecule has 6 heteroatoms. The van der Waals surface area contributed by atoms with E-state index >= 15 is 0 Å². The van der Waals surface area contributed by atoms with Gasteiger partial charge in [-0.25, -0.2) is 9.36 Å². The van der Waals surface area contributed by atoms with E-state index in [1.165, 1.54) is 36.4 Å². The van der Waals surface area contributed by atoms with Gasteiger partial charge >= 0.3 is 5.69 Å². The first-order valence-corrected chi connectivity index (χ1v) is 10.4. The summed E-state index contributed by atoms with van der Waals surface area (Å²) in [4.78, 5) is 33.5. The van der Waals surface area contributed by atoms with Crippen LogP contribution < -0.4 is 16.0 Å². The van der Waals surface area contributed by atoms with E-state index in [2.05, 4.69) is 9.97 Å². The molecule has 0 atom stereocenters. The molecule has 0 amide bonds. The molecule has 1 fully saturated rings. The zero-order chi connectivity index (χ0) is 20.7. The number of nitrogens with zero attached hydrogens (tertiary/aromatic N) is 2. The number of H-pyrrole nitrogens is 1. The first-order chi connectivity index (χ1) is 14.6. The highest BCUT2D eigenvalue weighted by atomic mass is 16.5. The summed E-state index contributed by atoms with van der Waals surface area (Å²) in [5, 5.41) is 1.08. The number of nitrogens with one attached hydrogen (secondary N) is 1. The molecule has 2 aromatic heterocycles. The number of hydrogen-bond acceptors (Lipinski definition) is 4. The van der Waals surface area contributed by atoms with Gasteiger partial charge in [0.1, 0.15) is 11.3 Å². The summed E-state index contributed by atoms with van der Waals surface area (Å²) in [5.41, 5.74) is 1.72. The molecule has 1 aliphatic carbocycles. The molecule has 0 spiro atoms. The fraction of sp³-hybridized carbons (Fsp3) is 0.292. The van der Waals surface area contributed by atoms with Crippen LogP contribution in [0.5, 0.6) is 5.75 Å². The normalized spacial score (nSPS) is 14.6. The second kappa shape index (κ2) is 7.44. The van der Waals surface area contributed by atoms with Crippen LogP contribution >= 0.6 is 0 Å². The molecule has 1 N–H and O–H groups in total. The van der Waals surface area contributed by atoms with Gasteiger partial charge in [-0.2, -0.15) is 0 Å². The molecule has 30 heavy (non-hydrogen) atoms. The fourth-order valence-electron chi connectivity index (χ4n) is 4.40. The standard InChI is InChI=1S/C24H23N3O3/c1-15-7-2-5-11-19(15)27-23(28)18-13-25-22-17(21(18)26-24(27)29)10-6-12-20(22)30-14-16-8-3-4-9-16/h2,5-7,10-13,16H,3-4,8-9,14H2,1H3,(H,26,29). The Kier molecular flexibility index (Phi) is 4.62. The highest BCUT2D eigenvalue weighted by Crippen LogP contribution is 2.30. The predicted molar refractivity (Wildman–Crippen MR) is 118 cm³/mol. The van der Waals surface area contributed by atoms with Gasteiger partial charge in [-0.1, -0.05) is 43.2 Å². The van der Waals surface area contributed by atoms with E-state index in [0.29, 0.717) is 45.8 Å². The molecule has 0 unspecified atom stereocenters. The van der Waals surface area contributed by atoms with Crippen LogP contribution in [0.4, 0.5) is 0 Å². The molecule has 1 saturated carbocycles. The van der Waals surface area contributed by atoms with Crippen molar-refractivity contribution in [3.8, 4) is 11.4 Å². The molecule has 0 aliphatic heterocycles. The lowest BCUT2D eigenvalue weighted by atomic mass is 10.1. The van der Waals surface area contributed by atoms with Crippen molar-refractivity contribution in [2.45, 2.75) is 32.6 Å². The lowest BCUT2D eigenvalue weighted by Gasteiger charge is -2.14. The number of aromatic nitrogens is 3. The number of para-hydroxylation sites is 2. The number of pyridine rings is 1. The van der Waals surface area contributed by atoms with Gasteiger partial charge < -0.3 is 9.72 Å². The van der Waals surface area contributed by atoms with Crippen molar-refractivity contribution in [3.63, 3.8) is 0 Å². The Bertz CT molecular complexity index is 1360. The summed E-state index contributed by atoms with van der Waals surface area (Å²) in [6, 6.07) is 13.0. The first kappa shape index (κ1) is 18.6. The number of aromatic amines is 1. The van der Waals surface area contributed by atoms with Crippen LogP contribution in [-0.2, 0) is 0 Å². The van der Waals surface area contributed by atoms with Gasteiger partial charge in [-0.05, 0) is 43.4 Å². The lowest BCUT2D eigenvalue weighted by Crippen LogP contribution is -2.34. The van der Waals surface area contributed by atoms with Gasteiger partial charge in [0.25, 0.3) is 5.56 Å². The van der Waals surface area contributed by atoms with Crippen molar-refractivity contribution in [2.24, 2.45) is 5.92 Å². The van der Waals surface area contributed by atoms with Crippen LogP contribution in [0.15, 0.2) is 58.3 Å². The van der Waals surface area contributed by atoms with Gasteiger partial charge in [0, 0.05) is 11.6 Å². The van der Waals surface area contributed by atoms with E-state index in [-0.39, 0.29) is 5.56 Å². The van der Waals surface area contributed by atoms with E-state index < -0.39 is 5.69 Å². The Labute approximate surface area is 173 Å². The Hall–Kier alpha value is -3.41. The van der Waals surface area contributed by atoms with Crippen LogP contribution in [0, 0.1) is 12.8 Å². The van der Waals surface area contributed by atoms with E-state index in [9.17, 15) is 9.59 Å². The molecule has 5 rings (SSSR count). The largest absolute Gasteiger partial charge is 0.491 e. The van der Waals surface area contributed by atoms with Gasteiger partial charge in [0.15, 0.2) is 0 Å². The van der Waals surface area contributed by atoms with Crippen LogP contribution in [0.25, 0.3) is 27.5 Å². The first-order valence-electron chi connectivity index (χ1n) is 10.4. The number of benzene rings is 2. The van der Waals surface area contributed by atoms with Crippen LogP contribution in [0.1, 0.15) is 31.2 Å². The van der Waals surface area contributed by atoms with E-state index in [1.54, 1.807) is 6.07 Å². The van der Waals surface area contributed by atoms with E-state index in [1.807, 2.05) is 43.3 Å². The minimum atomic E-state index is -0.466. The Balaban J connectivity index is 1.66. The molecular weight excluding hydrogens is 378 g/mol. The fourth-order valence-corrected chi connectivity index (χ4v) is 4.40. The van der Waals surface area contributed by atoms with Crippen LogP contribution in [-0.4, -0.2) is 21.1 Å². The summed E-state index contributed by atoms with van der Waals surface area (Å²) in [5.74, 6) is 1.27. The molecule has 2 aromatic carbocycles. The molecule has 0 radical (unpaired) electrons. The number of aryl methyl sites for hydroxylation is 1. The minimum absolute atomic E-state index is 0.373. The average Bonchev–Trinajstić information content (AvgIpc) is 3.27. The highest BCUT2D eigenvalue weighted by molar-refractivity contribution is 6.04. The maximum absolute atomic E-state index is 13.2. The quantitative estimate of drug-likeness (QED) is 0.522.